The molecule has 0 aromatic rings. The number of nitriles is 1. The van der Waals surface area contributed by atoms with Crippen molar-refractivity contribution < 1.29 is 9.53 Å². The van der Waals surface area contributed by atoms with E-state index in [1.54, 1.807) is 6.19 Å². The lowest BCUT2D eigenvalue weighted by molar-refractivity contribution is -0.124. The van der Waals surface area contributed by atoms with E-state index in [0.717, 1.165) is 13.0 Å². The van der Waals surface area contributed by atoms with Crippen LogP contribution in [0.3, 0.4) is 0 Å². The molecule has 78 valence electrons. The molecule has 1 fully saturated rings. The van der Waals surface area contributed by atoms with Gasteiger partial charge in [0.1, 0.15) is 0 Å². The van der Waals surface area contributed by atoms with Gasteiger partial charge in [0.25, 0.3) is 0 Å². The van der Waals surface area contributed by atoms with Gasteiger partial charge in [-0.05, 0) is 13.0 Å². The first kappa shape index (κ1) is 11.0. The summed E-state index contributed by atoms with van der Waals surface area (Å²) < 4.78 is 5.20. The highest BCUT2D eigenvalue weighted by atomic mass is 16.5. The van der Waals surface area contributed by atoms with Gasteiger partial charge in [0, 0.05) is 6.04 Å². The summed E-state index contributed by atoms with van der Waals surface area (Å²) in [5, 5.41) is 13.7. The molecule has 1 aliphatic heterocycles. The van der Waals surface area contributed by atoms with E-state index < -0.39 is 0 Å². The normalized spacial score (nSPS) is 25.7. The molecule has 1 amide bonds. The van der Waals surface area contributed by atoms with Gasteiger partial charge in [0.15, 0.2) is 6.19 Å². The summed E-state index contributed by atoms with van der Waals surface area (Å²) in [6.45, 7) is 3.87. The van der Waals surface area contributed by atoms with Crippen LogP contribution in [0.2, 0.25) is 0 Å². The Morgan fingerprint density at radius 2 is 2.43 bits per heavy atom. The molecule has 0 bridgehead atoms. The molecule has 5 nitrogen and oxygen atoms in total. The molecule has 5 heteroatoms. The van der Waals surface area contributed by atoms with Crippen molar-refractivity contribution in [1.29, 1.82) is 5.26 Å². The van der Waals surface area contributed by atoms with Crippen molar-refractivity contribution in [2.24, 2.45) is 5.92 Å². The third-order valence-corrected chi connectivity index (χ3v) is 2.25. The van der Waals surface area contributed by atoms with Crippen LogP contribution in [0, 0.1) is 17.4 Å². The summed E-state index contributed by atoms with van der Waals surface area (Å²) in [6, 6.07) is 0.0447. The predicted molar refractivity (Wildman–Crippen MR) is 50.1 cm³/mol. The third kappa shape index (κ3) is 2.69. The number of hydrogen-bond acceptors (Lipinski definition) is 4. The minimum absolute atomic E-state index is 0.0447. The van der Waals surface area contributed by atoms with E-state index in [1.165, 1.54) is 0 Å². The average molecular weight is 197 g/mol. The Kier molecular flexibility index (Phi) is 4.36. The zero-order valence-corrected chi connectivity index (χ0v) is 8.25. The summed E-state index contributed by atoms with van der Waals surface area (Å²) in [6.07, 6.45) is 2.66. The predicted octanol–water partition coefficient (Wildman–Crippen LogP) is -0.402. The minimum Gasteiger partial charge on any atom is -0.379 e. The van der Waals surface area contributed by atoms with Gasteiger partial charge < -0.3 is 10.1 Å². The van der Waals surface area contributed by atoms with Crippen LogP contribution in [0.15, 0.2) is 0 Å². The molecule has 0 spiro atoms. The number of nitrogens with one attached hydrogen (secondary N) is 2. The number of carbonyl (C=O) groups is 1. The molecule has 0 aromatic carbocycles. The first-order chi connectivity index (χ1) is 6.79. The molecule has 0 aromatic heterocycles. The maximum atomic E-state index is 11.4. The fourth-order valence-electron chi connectivity index (χ4n) is 1.49. The molecule has 2 atom stereocenters. The first-order valence-electron chi connectivity index (χ1n) is 4.79. The van der Waals surface area contributed by atoms with E-state index in [-0.39, 0.29) is 17.9 Å². The molecule has 1 saturated heterocycles. The van der Waals surface area contributed by atoms with E-state index in [4.69, 9.17) is 10.00 Å². The molecule has 1 aliphatic rings. The highest BCUT2D eigenvalue weighted by Crippen LogP contribution is 2.13. The zero-order valence-electron chi connectivity index (χ0n) is 8.25. The van der Waals surface area contributed by atoms with Crippen molar-refractivity contribution in [3.05, 3.63) is 0 Å². The summed E-state index contributed by atoms with van der Waals surface area (Å²) in [5.74, 6) is -0.486. The molecule has 0 radical (unpaired) electrons. The van der Waals surface area contributed by atoms with Crippen LogP contribution in [0.4, 0.5) is 0 Å². The van der Waals surface area contributed by atoms with Gasteiger partial charge in [-0.2, -0.15) is 5.26 Å². The summed E-state index contributed by atoms with van der Waals surface area (Å²) in [5.41, 5.74) is 0. The van der Waals surface area contributed by atoms with Crippen LogP contribution in [0.5, 0.6) is 0 Å². The van der Waals surface area contributed by atoms with Crippen molar-refractivity contribution in [1.82, 2.24) is 10.6 Å². The maximum Gasteiger partial charge on any atom is 0.240 e. The standard InChI is InChI=1S/C9H15N3O2/c1-2-3-11-8-5-14-4-7(8)9(13)12-6-10/h7-8,11H,2-5H2,1H3,(H,12,13). The van der Waals surface area contributed by atoms with Crippen molar-refractivity contribution >= 4 is 5.91 Å². The lowest BCUT2D eigenvalue weighted by atomic mass is 10.0. The Morgan fingerprint density at radius 3 is 3.07 bits per heavy atom. The second kappa shape index (κ2) is 5.58. The van der Waals surface area contributed by atoms with Gasteiger partial charge in [0.05, 0.1) is 19.1 Å². The van der Waals surface area contributed by atoms with E-state index in [1.807, 2.05) is 0 Å². The molecular formula is C9H15N3O2. The minimum atomic E-state index is -0.251. The van der Waals surface area contributed by atoms with Crippen LogP contribution < -0.4 is 10.6 Å². The number of rotatable bonds is 4. The summed E-state index contributed by atoms with van der Waals surface area (Å²) in [7, 11) is 0. The SMILES string of the molecule is CCCNC1COCC1C(=O)NC#N. The smallest absolute Gasteiger partial charge is 0.240 e. The van der Waals surface area contributed by atoms with Crippen molar-refractivity contribution in [2.75, 3.05) is 19.8 Å². The quantitative estimate of drug-likeness (QED) is 0.475. The Labute approximate surface area is 83.4 Å². The van der Waals surface area contributed by atoms with E-state index >= 15 is 0 Å². The van der Waals surface area contributed by atoms with E-state index in [0.29, 0.717) is 13.2 Å². The van der Waals surface area contributed by atoms with Crippen LogP contribution >= 0.6 is 0 Å². The molecule has 1 heterocycles. The van der Waals surface area contributed by atoms with Gasteiger partial charge in [-0.1, -0.05) is 6.92 Å². The summed E-state index contributed by atoms with van der Waals surface area (Å²) in [4.78, 5) is 11.4. The van der Waals surface area contributed by atoms with E-state index in [9.17, 15) is 4.79 Å². The highest BCUT2D eigenvalue weighted by molar-refractivity contribution is 5.81. The lowest BCUT2D eigenvalue weighted by Crippen LogP contribution is -2.43. The zero-order chi connectivity index (χ0) is 10.4. The largest absolute Gasteiger partial charge is 0.379 e. The van der Waals surface area contributed by atoms with Gasteiger partial charge >= 0.3 is 0 Å². The molecule has 2 unspecified atom stereocenters. The maximum absolute atomic E-state index is 11.4. The topological polar surface area (TPSA) is 74.2 Å². The fraction of sp³-hybridized carbons (Fsp3) is 0.778. The van der Waals surface area contributed by atoms with Crippen molar-refractivity contribution in [3.8, 4) is 6.19 Å². The Balaban J connectivity index is 2.42. The van der Waals surface area contributed by atoms with Crippen LogP contribution in [0.25, 0.3) is 0 Å². The number of nitrogens with zero attached hydrogens (tertiary/aromatic N) is 1. The van der Waals surface area contributed by atoms with Crippen molar-refractivity contribution in [2.45, 2.75) is 19.4 Å². The monoisotopic (exact) mass is 197 g/mol. The van der Waals surface area contributed by atoms with Gasteiger partial charge in [0.2, 0.25) is 5.91 Å². The fourth-order valence-corrected chi connectivity index (χ4v) is 1.49. The summed E-state index contributed by atoms with van der Waals surface area (Å²) >= 11 is 0. The third-order valence-electron chi connectivity index (χ3n) is 2.25. The molecule has 0 saturated carbocycles. The number of ether oxygens (including phenoxy) is 1. The number of amides is 1. The second-order valence-corrected chi connectivity index (χ2v) is 3.31. The van der Waals surface area contributed by atoms with E-state index in [2.05, 4.69) is 17.6 Å². The average Bonchev–Trinajstić information content (AvgIpc) is 2.63. The molecular weight excluding hydrogens is 182 g/mol. The van der Waals surface area contributed by atoms with Crippen LogP contribution in [-0.4, -0.2) is 31.7 Å². The van der Waals surface area contributed by atoms with Crippen molar-refractivity contribution in [3.63, 3.8) is 0 Å². The second-order valence-electron chi connectivity index (χ2n) is 3.31. The number of hydrogen-bond donors (Lipinski definition) is 2. The molecule has 2 N–H and O–H groups in total. The van der Waals surface area contributed by atoms with Crippen LogP contribution in [-0.2, 0) is 9.53 Å². The van der Waals surface area contributed by atoms with Crippen LogP contribution in [0.1, 0.15) is 13.3 Å². The Hall–Kier alpha value is -1.12. The Bertz CT molecular complexity index is 237. The number of carbonyl (C=O) groups excluding carboxylic acids is 1. The van der Waals surface area contributed by atoms with Gasteiger partial charge in [-0.25, -0.2) is 0 Å². The lowest BCUT2D eigenvalue weighted by Gasteiger charge is -2.16. The molecule has 0 aliphatic carbocycles. The van der Waals surface area contributed by atoms with Gasteiger partial charge in [-0.3, -0.25) is 10.1 Å². The molecule has 1 rings (SSSR count). The first-order valence-corrected chi connectivity index (χ1v) is 4.79. The Morgan fingerprint density at radius 1 is 1.64 bits per heavy atom. The molecule has 14 heavy (non-hydrogen) atoms. The highest BCUT2D eigenvalue weighted by Gasteiger charge is 2.33. The van der Waals surface area contributed by atoms with Gasteiger partial charge in [-0.15, -0.1) is 0 Å².